The Morgan fingerprint density at radius 3 is 2.50 bits per heavy atom. The van der Waals surface area contributed by atoms with Crippen molar-refractivity contribution in [2.75, 3.05) is 0 Å². The summed E-state index contributed by atoms with van der Waals surface area (Å²) in [5, 5.41) is 3.79. The number of hydrogen-bond acceptors (Lipinski definition) is 5. The van der Waals surface area contributed by atoms with Crippen molar-refractivity contribution in [3.8, 4) is 11.8 Å². The maximum Gasteiger partial charge on any atom is 0.388 e. The number of rotatable bonds is 5. The molecule has 106 valence electrons. The molecule has 0 radical (unpaired) electrons. The molecule has 0 atom stereocenters. The van der Waals surface area contributed by atoms with E-state index in [1.807, 2.05) is 0 Å². The number of carbonyl (C=O) groups is 1. The summed E-state index contributed by atoms with van der Waals surface area (Å²) in [5.74, 6) is -0.979. The van der Waals surface area contributed by atoms with E-state index in [9.17, 15) is 13.6 Å². The second-order valence-electron chi connectivity index (χ2n) is 4.24. The third-order valence-corrected chi connectivity index (χ3v) is 2.43. The summed E-state index contributed by atoms with van der Waals surface area (Å²) in [6, 6.07) is 1.60. The van der Waals surface area contributed by atoms with Crippen molar-refractivity contribution in [3.05, 3.63) is 30.2 Å². The highest BCUT2D eigenvalue weighted by Crippen LogP contribution is 2.22. The van der Waals surface area contributed by atoms with Gasteiger partial charge in [0, 0.05) is 24.5 Å². The van der Waals surface area contributed by atoms with Crippen LogP contribution in [0.25, 0.3) is 5.95 Å². The van der Waals surface area contributed by atoms with Gasteiger partial charge < -0.3 is 4.74 Å². The molecule has 0 spiro atoms. The lowest BCUT2D eigenvalue weighted by molar-refractivity contribution is -0.0533. The van der Waals surface area contributed by atoms with Gasteiger partial charge in [0.2, 0.25) is 5.88 Å². The smallest absolute Gasteiger partial charge is 0.388 e. The molecular weight excluding hydrogens is 270 g/mol. The highest BCUT2D eigenvalue weighted by atomic mass is 19.3. The number of alkyl halides is 2. The largest absolute Gasteiger partial charge is 0.414 e. The molecule has 0 aliphatic carbocycles. The molecular formula is C12H12F2N4O2. The molecule has 0 bridgehead atoms. The number of nitrogens with zero attached hydrogens (tertiary/aromatic N) is 4. The third-order valence-electron chi connectivity index (χ3n) is 2.43. The van der Waals surface area contributed by atoms with Gasteiger partial charge in [0.15, 0.2) is 5.78 Å². The first-order valence-corrected chi connectivity index (χ1v) is 5.85. The van der Waals surface area contributed by atoms with E-state index < -0.39 is 12.5 Å². The number of Topliss-reactive ketones (excluding diaryl/α,β-unsaturated/α-hetero) is 1. The first kappa shape index (κ1) is 14.0. The molecule has 0 saturated carbocycles. The quantitative estimate of drug-likeness (QED) is 0.785. The predicted molar refractivity (Wildman–Crippen MR) is 65.0 cm³/mol. The van der Waals surface area contributed by atoms with Crippen LogP contribution in [0, 0.1) is 5.92 Å². The van der Waals surface area contributed by atoms with Gasteiger partial charge in [-0.25, -0.2) is 14.6 Å². The van der Waals surface area contributed by atoms with Crippen molar-refractivity contribution in [2.24, 2.45) is 5.92 Å². The lowest BCUT2D eigenvalue weighted by atomic mass is 10.0. The van der Waals surface area contributed by atoms with E-state index in [0.717, 1.165) is 4.68 Å². The van der Waals surface area contributed by atoms with Crippen LogP contribution in [0.2, 0.25) is 0 Å². The first-order valence-electron chi connectivity index (χ1n) is 5.85. The number of ketones is 1. The Labute approximate surface area is 113 Å². The molecule has 20 heavy (non-hydrogen) atoms. The summed E-state index contributed by atoms with van der Waals surface area (Å²) in [6.07, 6.45) is 4.23. The molecule has 0 aliphatic rings. The van der Waals surface area contributed by atoms with Crippen molar-refractivity contribution in [2.45, 2.75) is 20.5 Å². The van der Waals surface area contributed by atoms with Gasteiger partial charge in [-0.2, -0.15) is 8.78 Å². The van der Waals surface area contributed by atoms with Crippen LogP contribution in [0.3, 0.4) is 0 Å². The minimum absolute atomic E-state index is 0.0206. The van der Waals surface area contributed by atoms with E-state index in [1.54, 1.807) is 19.9 Å². The second-order valence-corrected chi connectivity index (χ2v) is 4.24. The van der Waals surface area contributed by atoms with Gasteiger partial charge in [0.1, 0.15) is 5.56 Å². The minimum Gasteiger partial charge on any atom is -0.414 e. The van der Waals surface area contributed by atoms with Crippen LogP contribution in [-0.2, 0) is 0 Å². The summed E-state index contributed by atoms with van der Waals surface area (Å²) >= 11 is 0. The molecule has 2 aromatic rings. The SMILES string of the molecule is CC(C)C(=O)c1cn(-c2ncccn2)nc1OC(F)F. The average Bonchev–Trinajstić information content (AvgIpc) is 2.81. The predicted octanol–water partition coefficient (Wildman–Crippen LogP) is 2.10. The Hall–Kier alpha value is -2.38. The van der Waals surface area contributed by atoms with Crippen LogP contribution >= 0.6 is 0 Å². The van der Waals surface area contributed by atoms with Crippen LogP contribution in [-0.4, -0.2) is 32.1 Å². The van der Waals surface area contributed by atoms with Gasteiger partial charge in [-0.3, -0.25) is 4.79 Å². The van der Waals surface area contributed by atoms with Crippen LogP contribution in [0.15, 0.2) is 24.7 Å². The van der Waals surface area contributed by atoms with E-state index in [0.29, 0.717) is 0 Å². The maximum atomic E-state index is 12.4. The lowest BCUT2D eigenvalue weighted by Crippen LogP contribution is -2.10. The average molecular weight is 282 g/mol. The summed E-state index contributed by atoms with van der Waals surface area (Å²) in [7, 11) is 0. The minimum atomic E-state index is -3.06. The monoisotopic (exact) mass is 282 g/mol. The molecule has 0 N–H and O–H groups in total. The van der Waals surface area contributed by atoms with Crippen LogP contribution in [0.5, 0.6) is 5.88 Å². The van der Waals surface area contributed by atoms with Crippen molar-refractivity contribution in [1.29, 1.82) is 0 Å². The normalized spacial score (nSPS) is 11.1. The van der Waals surface area contributed by atoms with Gasteiger partial charge in [-0.15, -0.1) is 5.10 Å². The van der Waals surface area contributed by atoms with Gasteiger partial charge >= 0.3 is 6.61 Å². The first-order chi connectivity index (χ1) is 9.49. The Balaban J connectivity index is 2.44. The maximum absolute atomic E-state index is 12.4. The van der Waals surface area contributed by atoms with Crippen LogP contribution < -0.4 is 4.74 Å². The van der Waals surface area contributed by atoms with E-state index in [4.69, 9.17) is 0 Å². The highest BCUT2D eigenvalue weighted by molar-refractivity contribution is 5.99. The topological polar surface area (TPSA) is 69.9 Å². The number of halogens is 2. The van der Waals surface area contributed by atoms with Gasteiger partial charge in [-0.05, 0) is 6.07 Å². The summed E-state index contributed by atoms with van der Waals surface area (Å²) in [4.78, 5) is 19.8. The molecule has 2 aromatic heterocycles. The Morgan fingerprint density at radius 1 is 1.30 bits per heavy atom. The van der Waals surface area contributed by atoms with Crippen molar-refractivity contribution >= 4 is 5.78 Å². The zero-order chi connectivity index (χ0) is 14.7. The third kappa shape index (κ3) is 2.95. The standard InChI is InChI=1S/C12H12F2N4O2/c1-7(2)9(19)8-6-18(12-15-4-3-5-16-12)17-10(8)20-11(13)14/h3-7,11H,1-2H3. The number of aromatic nitrogens is 4. The molecule has 0 aromatic carbocycles. The van der Waals surface area contributed by atoms with E-state index in [1.165, 1.54) is 18.6 Å². The molecule has 6 nitrogen and oxygen atoms in total. The molecule has 8 heteroatoms. The highest BCUT2D eigenvalue weighted by Gasteiger charge is 2.23. The molecule has 0 fully saturated rings. The number of hydrogen-bond donors (Lipinski definition) is 0. The van der Waals surface area contributed by atoms with Crippen LogP contribution in [0.4, 0.5) is 8.78 Å². The van der Waals surface area contributed by atoms with Crippen molar-refractivity contribution < 1.29 is 18.3 Å². The van der Waals surface area contributed by atoms with E-state index in [2.05, 4.69) is 19.8 Å². The zero-order valence-electron chi connectivity index (χ0n) is 10.8. The molecule has 2 heterocycles. The molecule has 0 unspecified atom stereocenters. The van der Waals surface area contributed by atoms with Gasteiger partial charge in [0.25, 0.3) is 5.95 Å². The summed E-state index contributed by atoms with van der Waals surface area (Å²) < 4.78 is 30.1. The summed E-state index contributed by atoms with van der Waals surface area (Å²) in [5.41, 5.74) is -0.0206. The molecule has 0 aliphatic heterocycles. The van der Waals surface area contributed by atoms with E-state index >= 15 is 0 Å². The van der Waals surface area contributed by atoms with Gasteiger partial charge in [-0.1, -0.05) is 13.8 Å². The molecule has 2 rings (SSSR count). The number of ether oxygens (including phenoxy) is 1. The fourth-order valence-corrected chi connectivity index (χ4v) is 1.52. The Kier molecular flexibility index (Phi) is 4.02. The second kappa shape index (κ2) is 5.72. The van der Waals surface area contributed by atoms with E-state index in [-0.39, 0.29) is 23.2 Å². The Morgan fingerprint density at radius 2 is 1.95 bits per heavy atom. The molecule has 0 amide bonds. The Bertz CT molecular complexity index is 599. The van der Waals surface area contributed by atoms with Crippen LogP contribution in [0.1, 0.15) is 24.2 Å². The molecule has 0 saturated heterocycles. The fraction of sp³-hybridized carbons (Fsp3) is 0.333. The van der Waals surface area contributed by atoms with Crippen molar-refractivity contribution in [3.63, 3.8) is 0 Å². The van der Waals surface area contributed by atoms with Gasteiger partial charge in [0.05, 0.1) is 0 Å². The number of carbonyl (C=O) groups excluding carboxylic acids is 1. The summed E-state index contributed by atoms with van der Waals surface area (Å²) in [6.45, 7) is 0.254. The fourth-order valence-electron chi connectivity index (χ4n) is 1.52. The zero-order valence-corrected chi connectivity index (χ0v) is 10.8. The lowest BCUT2D eigenvalue weighted by Gasteiger charge is -2.04. The van der Waals surface area contributed by atoms with Crippen molar-refractivity contribution in [1.82, 2.24) is 19.7 Å².